The van der Waals surface area contributed by atoms with Gasteiger partial charge in [-0.2, -0.15) is 0 Å². The number of primary sulfonamides is 1. The molecule has 3 nitrogen and oxygen atoms in total. The fraction of sp³-hybridized carbons (Fsp3) is 0. The van der Waals surface area contributed by atoms with E-state index in [2.05, 4.69) is 0 Å². The lowest BCUT2D eigenvalue weighted by Crippen LogP contribution is -2.14. The van der Waals surface area contributed by atoms with Crippen molar-refractivity contribution in [2.75, 3.05) is 0 Å². The lowest BCUT2D eigenvalue weighted by molar-refractivity contribution is 0.598. The average Bonchev–Trinajstić information content (AvgIpc) is 1.83. The molecule has 2 N–H and O–H groups in total. The van der Waals surface area contributed by atoms with Crippen molar-refractivity contribution < 1.29 is 8.42 Å². The number of hydrogen-bond donors (Lipinski definition) is 1. The highest BCUT2D eigenvalue weighted by molar-refractivity contribution is 7.89. The van der Waals surface area contributed by atoms with Gasteiger partial charge < -0.3 is 0 Å². The Morgan fingerprint density at radius 3 is 2.42 bits per heavy atom. The predicted molar refractivity (Wildman–Crippen MR) is 48.2 cm³/mol. The second-order valence-electron chi connectivity index (χ2n) is 2.23. The van der Waals surface area contributed by atoms with Gasteiger partial charge in [0.05, 0.1) is 5.02 Å². The van der Waals surface area contributed by atoms with E-state index in [1.165, 1.54) is 18.2 Å². The quantitative estimate of drug-likeness (QED) is 0.639. The fourth-order valence-corrected chi connectivity index (χ4v) is 1.85. The van der Waals surface area contributed by atoms with Crippen LogP contribution in [0, 0.1) is 0 Å². The maximum atomic E-state index is 10.8. The van der Waals surface area contributed by atoms with Crippen LogP contribution in [0.2, 0.25) is 5.02 Å². The molecule has 1 aromatic carbocycles. The van der Waals surface area contributed by atoms with Crippen LogP contribution in [0.5, 0.6) is 0 Å². The van der Waals surface area contributed by atoms with Crippen molar-refractivity contribution in [3.05, 3.63) is 23.2 Å². The van der Waals surface area contributed by atoms with Gasteiger partial charge in [-0.3, -0.25) is 0 Å². The van der Waals surface area contributed by atoms with Gasteiger partial charge in [-0.15, -0.1) is 0 Å². The van der Waals surface area contributed by atoms with Crippen molar-refractivity contribution in [2.45, 2.75) is 4.90 Å². The molecule has 0 bridgehead atoms. The summed E-state index contributed by atoms with van der Waals surface area (Å²) in [4.78, 5) is -0.113. The normalized spacial score (nSPS) is 11.5. The highest BCUT2D eigenvalue weighted by atomic mass is 35.5. The minimum absolute atomic E-state index is 0.0394. The van der Waals surface area contributed by atoms with Gasteiger partial charge in [0, 0.05) is 0 Å². The van der Waals surface area contributed by atoms with E-state index in [1.54, 1.807) is 0 Å². The molecule has 1 aromatic rings. The highest BCUT2D eigenvalue weighted by Gasteiger charge is 2.11. The number of sulfonamides is 1. The Bertz CT molecular complexity index is 404. The molecule has 2 radical (unpaired) electrons. The van der Waals surface area contributed by atoms with Crippen LogP contribution in [-0.2, 0) is 10.0 Å². The number of hydrogen-bond acceptors (Lipinski definition) is 2. The molecule has 6 heteroatoms. The lowest BCUT2D eigenvalue weighted by Gasteiger charge is -2.01. The summed E-state index contributed by atoms with van der Waals surface area (Å²) < 4.78 is 21.6. The topological polar surface area (TPSA) is 60.2 Å². The molecule has 0 unspecified atom stereocenters. The van der Waals surface area contributed by atoms with Crippen LogP contribution in [0.15, 0.2) is 23.1 Å². The summed E-state index contributed by atoms with van der Waals surface area (Å²) in [6.07, 6.45) is 0. The van der Waals surface area contributed by atoms with E-state index >= 15 is 0 Å². The van der Waals surface area contributed by atoms with E-state index < -0.39 is 10.0 Å². The molecule has 62 valence electrons. The van der Waals surface area contributed by atoms with Crippen molar-refractivity contribution in [3.8, 4) is 0 Å². The SMILES string of the molecule is [B]c1ccc(S(N)(=O)=O)c(Cl)c1. The van der Waals surface area contributed by atoms with E-state index in [0.29, 0.717) is 5.46 Å². The van der Waals surface area contributed by atoms with Crippen LogP contribution in [-0.4, -0.2) is 16.3 Å². The smallest absolute Gasteiger partial charge is 0.225 e. The van der Waals surface area contributed by atoms with Crippen LogP contribution in [0.4, 0.5) is 0 Å². The molecule has 0 aliphatic carbocycles. The van der Waals surface area contributed by atoms with Crippen molar-refractivity contribution >= 4 is 34.9 Å². The van der Waals surface area contributed by atoms with E-state index in [4.69, 9.17) is 24.6 Å². The first-order valence-corrected chi connectivity index (χ1v) is 4.91. The Hall–Kier alpha value is -0.515. The molecule has 0 spiro atoms. The molecule has 0 amide bonds. The number of nitrogens with two attached hydrogens (primary N) is 1. The Balaban J connectivity index is 3.39. The third-order valence-electron chi connectivity index (χ3n) is 1.26. The number of rotatable bonds is 1. The molecule has 0 saturated heterocycles. The predicted octanol–water partition coefficient (Wildman–Crippen LogP) is -0.219. The Morgan fingerprint density at radius 2 is 2.00 bits per heavy atom. The molecular formula is C6H5BClNO2S. The summed E-state index contributed by atoms with van der Waals surface area (Å²) in [6, 6.07) is 4.03. The van der Waals surface area contributed by atoms with Gasteiger partial charge in [-0.25, -0.2) is 13.6 Å². The van der Waals surface area contributed by atoms with Crippen LogP contribution in [0.1, 0.15) is 0 Å². The molecule has 0 aliphatic rings. The van der Waals surface area contributed by atoms with Crippen molar-refractivity contribution in [2.24, 2.45) is 5.14 Å². The summed E-state index contributed by atoms with van der Waals surface area (Å²) in [5.41, 5.74) is 0.396. The van der Waals surface area contributed by atoms with Gasteiger partial charge in [0.15, 0.2) is 0 Å². The molecule has 0 aromatic heterocycles. The summed E-state index contributed by atoms with van der Waals surface area (Å²) in [5, 5.41) is 4.89. The third kappa shape index (κ3) is 2.00. The molecule has 0 fully saturated rings. The maximum absolute atomic E-state index is 10.8. The van der Waals surface area contributed by atoms with E-state index in [-0.39, 0.29) is 9.92 Å². The molecule has 12 heavy (non-hydrogen) atoms. The lowest BCUT2D eigenvalue weighted by atomic mass is 9.97. The van der Waals surface area contributed by atoms with Gasteiger partial charge in [-0.1, -0.05) is 23.1 Å². The van der Waals surface area contributed by atoms with Crippen LogP contribution < -0.4 is 10.6 Å². The fourth-order valence-electron chi connectivity index (χ4n) is 0.748. The highest BCUT2D eigenvalue weighted by Crippen LogP contribution is 2.17. The first kappa shape index (κ1) is 9.57. The number of halogens is 1. The van der Waals surface area contributed by atoms with Crippen LogP contribution in [0.3, 0.4) is 0 Å². The minimum atomic E-state index is -3.74. The van der Waals surface area contributed by atoms with Gasteiger partial charge >= 0.3 is 0 Å². The molecule has 0 saturated carbocycles. The zero-order chi connectivity index (χ0) is 9.35. The Morgan fingerprint density at radius 1 is 1.42 bits per heavy atom. The summed E-state index contributed by atoms with van der Waals surface area (Å²) in [7, 11) is 1.61. The summed E-state index contributed by atoms with van der Waals surface area (Å²) in [6.45, 7) is 0. The second-order valence-corrected chi connectivity index (χ2v) is 4.17. The van der Waals surface area contributed by atoms with Gasteiger partial charge in [-0.05, 0) is 12.1 Å². The zero-order valence-corrected chi connectivity index (χ0v) is 7.56. The van der Waals surface area contributed by atoms with Gasteiger partial charge in [0.2, 0.25) is 10.0 Å². The molecule has 0 atom stereocenters. The largest absolute Gasteiger partial charge is 0.239 e. The van der Waals surface area contributed by atoms with Crippen LogP contribution in [0.25, 0.3) is 0 Å². The summed E-state index contributed by atoms with van der Waals surface area (Å²) in [5.74, 6) is 0. The first-order chi connectivity index (χ1) is 5.41. The number of benzene rings is 1. The molecule has 1 rings (SSSR count). The van der Waals surface area contributed by atoms with E-state index in [1.807, 2.05) is 0 Å². The minimum Gasteiger partial charge on any atom is -0.225 e. The Labute approximate surface area is 77.0 Å². The first-order valence-electron chi connectivity index (χ1n) is 2.99. The van der Waals surface area contributed by atoms with E-state index in [0.717, 1.165) is 0 Å². The van der Waals surface area contributed by atoms with Crippen molar-refractivity contribution in [1.29, 1.82) is 0 Å². The monoisotopic (exact) mass is 201 g/mol. The third-order valence-corrected chi connectivity index (χ3v) is 2.66. The second kappa shape index (κ2) is 3.09. The molecule has 0 heterocycles. The van der Waals surface area contributed by atoms with Gasteiger partial charge in [0.1, 0.15) is 12.7 Å². The van der Waals surface area contributed by atoms with Crippen molar-refractivity contribution in [1.82, 2.24) is 0 Å². The standard InChI is InChI=1S/C6H5BClNO2S/c7-4-1-2-6(5(8)3-4)12(9,10)11/h1-3H,(H2,9,10,11). The maximum Gasteiger partial charge on any atom is 0.239 e. The molecule has 0 aliphatic heterocycles. The van der Waals surface area contributed by atoms with E-state index in [9.17, 15) is 8.42 Å². The Kier molecular flexibility index (Phi) is 2.46. The van der Waals surface area contributed by atoms with Crippen molar-refractivity contribution in [3.63, 3.8) is 0 Å². The van der Waals surface area contributed by atoms with Crippen LogP contribution >= 0.6 is 11.6 Å². The zero-order valence-electron chi connectivity index (χ0n) is 5.99. The molecular weight excluding hydrogens is 196 g/mol. The van der Waals surface area contributed by atoms with Gasteiger partial charge in [0.25, 0.3) is 0 Å². The average molecular weight is 201 g/mol. The summed E-state index contributed by atoms with van der Waals surface area (Å²) >= 11 is 5.57.